The first-order valence-corrected chi connectivity index (χ1v) is 8.70. The van der Waals surface area contributed by atoms with Crippen molar-refractivity contribution in [2.45, 2.75) is 12.2 Å². The average molecular weight is 834 g/mol. The predicted octanol–water partition coefficient (Wildman–Crippen LogP) is 1.35. The Morgan fingerprint density at radius 3 is 0.625 bits per heavy atom. The fourth-order valence-electron chi connectivity index (χ4n) is 1.52. The van der Waals surface area contributed by atoms with Crippen molar-refractivity contribution in [2.75, 3.05) is 0 Å². The molecular weight excluding hydrogens is 820 g/mol. The summed E-state index contributed by atoms with van der Waals surface area (Å²) >= 11 is 0. The molecule has 48 heavy (non-hydrogen) atoms. The molecule has 4 radical (unpaired) electrons. The Bertz CT molecular complexity index is 1010. The van der Waals surface area contributed by atoms with Crippen LogP contribution in [0.1, 0.15) is 11.1 Å². The molecule has 0 unspecified atom stereocenters. The van der Waals surface area contributed by atoms with Crippen LogP contribution in [-0.2, 0) is 123 Å². The van der Waals surface area contributed by atoms with E-state index in [1.165, 1.54) is 0 Å². The number of hydrogen-bond donors (Lipinski definition) is 2. The van der Waals surface area contributed by atoms with E-state index in [0.717, 1.165) is 11.1 Å². The first-order chi connectivity index (χ1) is 21.8. The molecule has 18 heteroatoms. The minimum Gasteiger partial charge on any atom is 0 e. The van der Waals surface area contributed by atoms with E-state index in [1.807, 2.05) is 60.7 Å². The summed E-state index contributed by atoms with van der Waals surface area (Å²) < 4.78 is 90.0. The second-order valence-electron chi connectivity index (χ2n) is 4.16. The van der Waals surface area contributed by atoms with Gasteiger partial charge in [0.05, 0.1) is 0 Å². The molecule has 2 N–H and O–H groups in total. The number of hydrogen-bond acceptors (Lipinski definition) is 2. The summed E-state index contributed by atoms with van der Waals surface area (Å²) in [7, 11) is 0. The molecule has 0 saturated carbocycles. The van der Waals surface area contributed by atoms with E-state index in [4.69, 9.17) is 55.8 Å². The first-order valence-electron chi connectivity index (χ1n) is 8.70. The van der Waals surface area contributed by atoms with Crippen molar-refractivity contribution < 1.29 is 133 Å². The molecule has 2 aromatic rings. The summed E-state index contributed by atoms with van der Waals surface area (Å²) in [5.74, 6) is 10.8. The molecule has 0 heterocycles. The average Bonchev–Trinajstić information content (AvgIpc) is 3.20. The molecule has 0 aliphatic rings. The second kappa shape index (κ2) is 156. The molecule has 0 amide bonds. The van der Waals surface area contributed by atoms with Crippen LogP contribution in [-0.4, -0.2) is 22.4 Å². The van der Waals surface area contributed by atoms with Gasteiger partial charge in [-0.15, -0.1) is 0 Å². The molecule has 254 valence electrons. The molecule has 2 atom stereocenters. The van der Waals surface area contributed by atoms with Crippen molar-refractivity contribution in [1.29, 1.82) is 0 Å². The van der Waals surface area contributed by atoms with Gasteiger partial charge < -0.3 is 10.2 Å². The molecule has 0 spiro atoms. The van der Waals surface area contributed by atoms with Crippen molar-refractivity contribution in [2.24, 2.45) is 0 Å². The minimum absolute atomic E-state index is 0. The van der Waals surface area contributed by atoms with Gasteiger partial charge in [-0.25, -0.2) is 0 Å². The van der Waals surface area contributed by atoms with Crippen molar-refractivity contribution in [3.05, 3.63) is 152 Å². The molecule has 0 aromatic heterocycles. The quantitative estimate of drug-likeness (QED) is 0.245. The molecule has 0 aliphatic heterocycles. The maximum Gasteiger partial charge on any atom is 0 e. The van der Waals surface area contributed by atoms with E-state index in [-0.39, 0.29) is 67.1 Å². The second-order valence-corrected chi connectivity index (χ2v) is 4.16. The molecule has 0 saturated heterocycles. The number of aliphatic hydroxyl groups excluding tert-OH is 2. The fraction of sp³-hybridized carbons (Fsp3) is 0.0667. The Kier molecular flexibility index (Phi) is 314. The van der Waals surface area contributed by atoms with Crippen LogP contribution in [0.2, 0.25) is 0 Å². The molecule has 0 aliphatic carbocycles. The summed E-state index contributed by atoms with van der Waals surface area (Å²) in [5, 5.41) is 19.5. The first kappa shape index (κ1) is 96.8. The SMILES string of the molecule is O[C@H](C#Cc1ccccc1)[C@H](O)C#Cc1ccccc1.[C-]#[O+].[C-]#[O+].[C-]#[O+].[C-]#[O+].[C-]#[O+].[C-]#[O+].[C-]#[O+].[C-]#[O+].[C-]#[O+].[C-]#[O+].[C-]#[O+].[C-]#[O+].[Co].[Co].[Co].[Co]. The number of aliphatic hydroxyl groups is 2. The van der Waals surface area contributed by atoms with Crippen molar-refractivity contribution in [3.63, 3.8) is 0 Å². The normalized spacial score (nSPS) is 5.62. The maximum atomic E-state index is 9.73. The number of benzene rings is 2. The van der Waals surface area contributed by atoms with Gasteiger partial charge in [-0.3, -0.25) is 0 Å². The van der Waals surface area contributed by atoms with Gasteiger partial charge in [0.1, 0.15) is 0 Å². The van der Waals surface area contributed by atoms with Crippen LogP contribution in [0.5, 0.6) is 0 Å². The van der Waals surface area contributed by atoms with Gasteiger partial charge in [-0.1, -0.05) is 60.1 Å². The third kappa shape index (κ3) is 104. The van der Waals surface area contributed by atoms with Gasteiger partial charge >= 0.3 is 136 Å². The summed E-state index contributed by atoms with van der Waals surface area (Å²) in [6.45, 7) is 54.0. The van der Waals surface area contributed by atoms with Crippen molar-refractivity contribution >= 4 is 0 Å². The Hall–Kier alpha value is -3.61. The topological polar surface area (TPSA) is 279 Å². The molecule has 0 bridgehead atoms. The van der Waals surface area contributed by atoms with Crippen molar-refractivity contribution in [1.82, 2.24) is 0 Å². The monoisotopic (exact) mass is 834 g/mol. The van der Waals surface area contributed by atoms with Crippen LogP contribution in [0.4, 0.5) is 0 Å². The van der Waals surface area contributed by atoms with Gasteiger partial charge in [0.15, 0.2) is 12.2 Å². The summed E-state index contributed by atoms with van der Waals surface area (Å²) in [6.07, 6.45) is -2.38. The van der Waals surface area contributed by atoms with Gasteiger partial charge in [0.2, 0.25) is 0 Å². The summed E-state index contributed by atoms with van der Waals surface area (Å²) in [6, 6.07) is 18.6. The standard InChI is InChI=1S/C18H14O2.12CO.4Co/c19-17(13-11-15-7-3-1-4-8-15)18(20)14-12-16-9-5-2-6-10-16;12*1-2;;;;/h1-10,17-20H;;;;;;;;;;;;;;;;/t17-,18-;;;;;;;;;;;;;;;;/m1................/s1. The van der Waals surface area contributed by atoms with Crippen LogP contribution in [0.15, 0.2) is 60.7 Å². The molecule has 2 rings (SSSR count). The number of rotatable bonds is 1. The Labute approximate surface area is 319 Å². The van der Waals surface area contributed by atoms with Crippen LogP contribution in [0.25, 0.3) is 0 Å². The Morgan fingerprint density at radius 2 is 0.479 bits per heavy atom. The smallest absolute Gasteiger partial charge is 0 e. The van der Waals surface area contributed by atoms with Crippen LogP contribution >= 0.6 is 0 Å². The summed E-state index contributed by atoms with van der Waals surface area (Å²) in [5.41, 5.74) is 1.57. The van der Waals surface area contributed by atoms with Gasteiger partial charge in [-0.05, 0) is 24.3 Å². The van der Waals surface area contributed by atoms with Crippen LogP contribution in [0, 0.1) is 103 Å². The van der Waals surface area contributed by atoms with E-state index in [2.05, 4.69) is 103 Å². The Balaban J connectivity index is -0.0000000257. The van der Waals surface area contributed by atoms with E-state index < -0.39 is 12.2 Å². The predicted molar refractivity (Wildman–Crippen MR) is 126 cm³/mol. The molecule has 0 fully saturated rings. The van der Waals surface area contributed by atoms with E-state index >= 15 is 0 Å². The zero-order valence-electron chi connectivity index (χ0n) is 23.1. The molecule has 14 nitrogen and oxygen atoms in total. The van der Waals surface area contributed by atoms with E-state index in [1.54, 1.807) is 0 Å². The third-order valence-corrected chi connectivity index (χ3v) is 2.58. The molecule has 2 aromatic carbocycles. The molecular formula is C30H14Co4O14. The van der Waals surface area contributed by atoms with Crippen LogP contribution in [0.3, 0.4) is 0 Å². The zero-order chi connectivity index (χ0) is 38.2. The van der Waals surface area contributed by atoms with Gasteiger partial charge in [0.25, 0.3) is 0 Å². The van der Waals surface area contributed by atoms with E-state index in [0.29, 0.717) is 0 Å². The Morgan fingerprint density at radius 1 is 0.333 bits per heavy atom. The van der Waals surface area contributed by atoms with Crippen molar-refractivity contribution in [3.8, 4) is 23.7 Å². The van der Waals surface area contributed by atoms with Gasteiger partial charge in [-0.2, -0.15) is 0 Å². The largest absolute Gasteiger partial charge is 0 e. The maximum absolute atomic E-state index is 9.73. The van der Waals surface area contributed by atoms with Crippen LogP contribution < -0.4 is 0 Å². The zero-order valence-corrected chi connectivity index (χ0v) is 27.2. The fourth-order valence-corrected chi connectivity index (χ4v) is 1.52. The third-order valence-electron chi connectivity index (χ3n) is 2.58. The van der Waals surface area contributed by atoms with E-state index in [9.17, 15) is 10.2 Å². The minimum atomic E-state index is -1.19. The van der Waals surface area contributed by atoms with Gasteiger partial charge in [0, 0.05) is 78.2 Å². The summed E-state index contributed by atoms with van der Waals surface area (Å²) in [4.78, 5) is 0.